The summed E-state index contributed by atoms with van der Waals surface area (Å²) in [6.45, 7) is 1.21. The molecular weight excluding hydrogens is 302 g/mol. The molecule has 0 bridgehead atoms. The SMILES string of the molecule is O=C(O)CC1CN(Cc2ccccc2)c2cc(Cl)ccc2O1. The van der Waals surface area contributed by atoms with E-state index in [-0.39, 0.29) is 12.5 Å². The third-order valence-electron chi connectivity index (χ3n) is 3.60. The number of carboxylic acid groups (broad SMARTS) is 1. The first-order valence-corrected chi connectivity index (χ1v) is 7.46. The molecule has 5 heteroatoms. The first kappa shape index (κ1) is 14.7. The molecule has 0 amide bonds. The van der Waals surface area contributed by atoms with E-state index in [1.165, 1.54) is 0 Å². The van der Waals surface area contributed by atoms with Crippen molar-refractivity contribution in [1.82, 2.24) is 0 Å². The van der Waals surface area contributed by atoms with Gasteiger partial charge in [0.25, 0.3) is 0 Å². The van der Waals surface area contributed by atoms with E-state index in [1.54, 1.807) is 12.1 Å². The van der Waals surface area contributed by atoms with E-state index >= 15 is 0 Å². The van der Waals surface area contributed by atoms with Crippen LogP contribution in [0, 0.1) is 0 Å². The Morgan fingerprint density at radius 1 is 1.27 bits per heavy atom. The summed E-state index contributed by atoms with van der Waals surface area (Å²) in [5.41, 5.74) is 2.06. The van der Waals surface area contributed by atoms with Gasteiger partial charge in [0.2, 0.25) is 0 Å². The molecule has 0 radical (unpaired) electrons. The van der Waals surface area contributed by atoms with Crippen LogP contribution in [-0.2, 0) is 11.3 Å². The average molecular weight is 318 g/mol. The number of hydrogen-bond donors (Lipinski definition) is 1. The van der Waals surface area contributed by atoms with Crippen molar-refractivity contribution in [3.63, 3.8) is 0 Å². The van der Waals surface area contributed by atoms with Gasteiger partial charge in [-0.3, -0.25) is 4.79 Å². The molecule has 1 heterocycles. The van der Waals surface area contributed by atoms with Crippen LogP contribution in [0.15, 0.2) is 48.5 Å². The molecule has 1 aliphatic rings. The smallest absolute Gasteiger partial charge is 0.307 e. The van der Waals surface area contributed by atoms with Crippen LogP contribution in [-0.4, -0.2) is 23.7 Å². The predicted molar refractivity (Wildman–Crippen MR) is 85.6 cm³/mol. The van der Waals surface area contributed by atoms with Crippen LogP contribution in [0.1, 0.15) is 12.0 Å². The summed E-state index contributed by atoms with van der Waals surface area (Å²) >= 11 is 6.09. The Hall–Kier alpha value is -2.20. The minimum atomic E-state index is -0.859. The molecule has 22 heavy (non-hydrogen) atoms. The van der Waals surface area contributed by atoms with Crippen LogP contribution in [0.2, 0.25) is 5.02 Å². The number of anilines is 1. The number of nitrogens with zero attached hydrogens (tertiary/aromatic N) is 1. The first-order chi connectivity index (χ1) is 10.6. The molecule has 1 atom stereocenters. The van der Waals surface area contributed by atoms with Crippen molar-refractivity contribution in [3.8, 4) is 5.75 Å². The highest BCUT2D eigenvalue weighted by Crippen LogP contribution is 2.37. The van der Waals surface area contributed by atoms with Crippen molar-refractivity contribution in [2.24, 2.45) is 0 Å². The van der Waals surface area contributed by atoms with Crippen molar-refractivity contribution in [3.05, 3.63) is 59.1 Å². The Labute approximate surface area is 133 Å². The highest BCUT2D eigenvalue weighted by Gasteiger charge is 2.27. The number of ether oxygens (including phenoxy) is 1. The van der Waals surface area contributed by atoms with Crippen molar-refractivity contribution in [2.75, 3.05) is 11.4 Å². The molecule has 114 valence electrons. The van der Waals surface area contributed by atoms with Gasteiger partial charge < -0.3 is 14.7 Å². The Morgan fingerprint density at radius 3 is 2.77 bits per heavy atom. The van der Waals surface area contributed by atoms with E-state index in [1.807, 2.05) is 36.4 Å². The first-order valence-electron chi connectivity index (χ1n) is 7.08. The van der Waals surface area contributed by atoms with E-state index in [2.05, 4.69) is 4.90 Å². The molecule has 0 aliphatic carbocycles. The Balaban J connectivity index is 1.89. The van der Waals surface area contributed by atoms with Gasteiger partial charge in [-0.15, -0.1) is 0 Å². The molecule has 0 spiro atoms. The van der Waals surface area contributed by atoms with E-state index in [0.717, 1.165) is 11.3 Å². The molecule has 0 saturated carbocycles. The van der Waals surface area contributed by atoms with Gasteiger partial charge in [0, 0.05) is 11.6 Å². The molecule has 2 aromatic rings. The predicted octanol–water partition coefficient (Wildman–Crippen LogP) is 3.58. The number of fused-ring (bicyclic) bond motifs is 1. The lowest BCUT2D eigenvalue weighted by Crippen LogP contribution is -2.40. The lowest BCUT2D eigenvalue weighted by molar-refractivity contribution is -0.138. The van der Waals surface area contributed by atoms with Gasteiger partial charge in [0.1, 0.15) is 11.9 Å². The summed E-state index contributed by atoms with van der Waals surface area (Å²) in [6.07, 6.45) is -0.386. The number of carboxylic acids is 1. The lowest BCUT2D eigenvalue weighted by atomic mass is 10.1. The molecule has 4 nitrogen and oxygen atoms in total. The summed E-state index contributed by atoms with van der Waals surface area (Å²) in [5, 5.41) is 9.65. The molecule has 0 saturated heterocycles. The van der Waals surface area contributed by atoms with Crippen LogP contribution in [0.5, 0.6) is 5.75 Å². The van der Waals surface area contributed by atoms with Crippen molar-refractivity contribution in [2.45, 2.75) is 19.1 Å². The Kier molecular flexibility index (Phi) is 4.20. The normalized spacial score (nSPS) is 16.8. The fraction of sp³-hybridized carbons (Fsp3) is 0.235. The van der Waals surface area contributed by atoms with Crippen LogP contribution in [0.25, 0.3) is 0 Å². The second kappa shape index (κ2) is 6.28. The van der Waals surface area contributed by atoms with Crippen LogP contribution in [0.4, 0.5) is 5.69 Å². The van der Waals surface area contributed by atoms with Crippen LogP contribution < -0.4 is 9.64 Å². The molecule has 0 fully saturated rings. The average Bonchev–Trinajstić information content (AvgIpc) is 2.48. The lowest BCUT2D eigenvalue weighted by Gasteiger charge is -2.36. The summed E-state index contributed by atoms with van der Waals surface area (Å²) < 4.78 is 5.78. The molecule has 0 aromatic heterocycles. The third-order valence-corrected chi connectivity index (χ3v) is 3.83. The highest BCUT2D eigenvalue weighted by atomic mass is 35.5. The zero-order valence-electron chi connectivity index (χ0n) is 11.9. The molecule has 1 unspecified atom stereocenters. The molecule has 1 N–H and O–H groups in total. The Morgan fingerprint density at radius 2 is 2.05 bits per heavy atom. The largest absolute Gasteiger partial charge is 0.486 e. The maximum Gasteiger partial charge on any atom is 0.307 e. The van der Waals surface area contributed by atoms with E-state index in [0.29, 0.717) is 23.9 Å². The van der Waals surface area contributed by atoms with Gasteiger partial charge in [0.15, 0.2) is 0 Å². The summed E-state index contributed by atoms with van der Waals surface area (Å²) in [7, 11) is 0. The quantitative estimate of drug-likeness (QED) is 0.936. The van der Waals surface area contributed by atoms with Gasteiger partial charge in [-0.2, -0.15) is 0 Å². The molecular formula is C17H16ClNO3. The van der Waals surface area contributed by atoms with Gasteiger partial charge >= 0.3 is 5.97 Å². The van der Waals surface area contributed by atoms with Crippen molar-refractivity contribution in [1.29, 1.82) is 0 Å². The zero-order chi connectivity index (χ0) is 15.5. The standard InChI is InChI=1S/C17H16ClNO3/c18-13-6-7-16-15(8-13)19(10-12-4-2-1-3-5-12)11-14(22-16)9-17(20)21/h1-8,14H,9-11H2,(H,20,21). The number of aliphatic carboxylic acids is 1. The van der Waals surface area contributed by atoms with Crippen molar-refractivity contribution >= 4 is 23.3 Å². The van der Waals surface area contributed by atoms with Crippen molar-refractivity contribution < 1.29 is 14.6 Å². The van der Waals surface area contributed by atoms with E-state index in [9.17, 15) is 4.79 Å². The second-order valence-electron chi connectivity index (χ2n) is 5.32. The fourth-order valence-electron chi connectivity index (χ4n) is 2.65. The number of carbonyl (C=O) groups is 1. The number of hydrogen-bond acceptors (Lipinski definition) is 3. The van der Waals surface area contributed by atoms with Crippen LogP contribution >= 0.6 is 11.6 Å². The van der Waals surface area contributed by atoms with Gasteiger partial charge in [-0.1, -0.05) is 41.9 Å². The highest BCUT2D eigenvalue weighted by molar-refractivity contribution is 6.30. The number of halogens is 1. The summed E-state index contributed by atoms with van der Waals surface area (Å²) in [5.74, 6) is -0.181. The summed E-state index contributed by atoms with van der Waals surface area (Å²) in [6, 6.07) is 15.5. The van der Waals surface area contributed by atoms with E-state index < -0.39 is 5.97 Å². The minimum Gasteiger partial charge on any atom is -0.486 e. The molecule has 3 rings (SSSR count). The zero-order valence-corrected chi connectivity index (χ0v) is 12.7. The third kappa shape index (κ3) is 3.34. The topological polar surface area (TPSA) is 49.8 Å². The summed E-state index contributed by atoms with van der Waals surface area (Å²) in [4.78, 5) is 13.1. The van der Waals surface area contributed by atoms with Crippen LogP contribution in [0.3, 0.4) is 0 Å². The fourth-order valence-corrected chi connectivity index (χ4v) is 2.82. The van der Waals surface area contributed by atoms with Gasteiger partial charge in [0.05, 0.1) is 18.7 Å². The second-order valence-corrected chi connectivity index (χ2v) is 5.75. The van der Waals surface area contributed by atoms with E-state index in [4.69, 9.17) is 21.4 Å². The molecule has 1 aliphatic heterocycles. The maximum atomic E-state index is 11.0. The number of benzene rings is 2. The number of rotatable bonds is 4. The monoisotopic (exact) mass is 317 g/mol. The molecule has 2 aromatic carbocycles. The van der Waals surface area contributed by atoms with Gasteiger partial charge in [-0.25, -0.2) is 0 Å². The van der Waals surface area contributed by atoms with Gasteiger partial charge in [-0.05, 0) is 23.8 Å². The maximum absolute atomic E-state index is 11.0. The minimum absolute atomic E-state index is 0.0205. The Bertz CT molecular complexity index is 675.